The van der Waals surface area contributed by atoms with Crippen LogP contribution in [-0.2, 0) is 32.1 Å². The number of amides is 4. The van der Waals surface area contributed by atoms with Gasteiger partial charge in [0, 0.05) is 44.3 Å². The molecule has 2 aliphatic heterocycles. The van der Waals surface area contributed by atoms with Crippen molar-refractivity contribution in [3.05, 3.63) is 58.7 Å². The van der Waals surface area contributed by atoms with Crippen molar-refractivity contribution in [1.29, 1.82) is 0 Å². The van der Waals surface area contributed by atoms with Crippen molar-refractivity contribution in [1.82, 2.24) is 25.8 Å². The zero-order chi connectivity index (χ0) is 33.9. The fourth-order valence-electron chi connectivity index (χ4n) is 5.66. The van der Waals surface area contributed by atoms with Gasteiger partial charge in [-0.2, -0.15) is 0 Å². The van der Waals surface area contributed by atoms with Gasteiger partial charge in [0.15, 0.2) is 18.1 Å². The largest absolute Gasteiger partial charge is 0.493 e. The Hall–Kier alpha value is -4.20. The van der Waals surface area contributed by atoms with E-state index in [4.69, 9.17) is 14.2 Å². The van der Waals surface area contributed by atoms with E-state index in [-0.39, 0.29) is 25.0 Å². The minimum Gasteiger partial charge on any atom is -0.493 e. The predicted octanol–water partition coefficient (Wildman–Crippen LogP) is 0.790. The number of hydrogen-bond acceptors (Lipinski definition) is 9. The van der Waals surface area contributed by atoms with E-state index in [1.807, 2.05) is 24.0 Å². The van der Waals surface area contributed by atoms with Gasteiger partial charge in [-0.1, -0.05) is 12.1 Å². The molecule has 0 spiro atoms. The van der Waals surface area contributed by atoms with Crippen LogP contribution in [-0.4, -0.2) is 116 Å². The zero-order valence-corrected chi connectivity index (χ0v) is 27.7. The standard InChI is InChI=1S/C34H47N5O8/c1-22-7-9-27-17-26(22)6-5-11-35-30(41)20-38(18-23(2)36-34(44)32(24(3)40)37-33(27)43)19-25-8-10-28(29(16-25)45-4)47-21-31(42)39-12-14-46-15-13-39/h7-10,16-17,23-24,32,40H,5-6,11-15,18-21H2,1-4H3,(H,35,41)(H,36,44)(H,37,43)/t23-,24-,32+/m1/s1. The Bertz CT molecular complexity index is 1410. The van der Waals surface area contributed by atoms with Crippen LogP contribution >= 0.6 is 0 Å². The number of aryl methyl sites for hydroxylation is 2. The molecule has 0 saturated carbocycles. The Kier molecular flexibility index (Phi) is 13.0. The number of aliphatic hydroxyl groups is 1. The summed E-state index contributed by atoms with van der Waals surface area (Å²) in [7, 11) is 1.52. The van der Waals surface area contributed by atoms with Crippen molar-refractivity contribution in [2.45, 2.75) is 58.3 Å². The maximum Gasteiger partial charge on any atom is 0.260 e. The summed E-state index contributed by atoms with van der Waals surface area (Å²) in [5.74, 6) is -0.404. The quantitative estimate of drug-likeness (QED) is 0.339. The van der Waals surface area contributed by atoms with E-state index in [1.165, 1.54) is 14.0 Å². The Labute approximate surface area is 275 Å². The number of nitrogens with zero attached hydrogens (tertiary/aromatic N) is 2. The Balaban J connectivity index is 1.48. The van der Waals surface area contributed by atoms with Crippen LogP contribution in [0.1, 0.15) is 47.3 Å². The summed E-state index contributed by atoms with van der Waals surface area (Å²) >= 11 is 0. The van der Waals surface area contributed by atoms with Gasteiger partial charge in [0.05, 0.1) is 33.0 Å². The summed E-state index contributed by atoms with van der Waals surface area (Å²) in [5.41, 5.74) is 3.21. The molecule has 1 fully saturated rings. The van der Waals surface area contributed by atoms with Gasteiger partial charge in [-0.25, -0.2) is 0 Å². The van der Waals surface area contributed by atoms with Crippen LogP contribution in [0.25, 0.3) is 0 Å². The highest BCUT2D eigenvalue weighted by molar-refractivity contribution is 5.98. The lowest BCUT2D eigenvalue weighted by molar-refractivity contribution is -0.137. The number of benzene rings is 2. The second-order valence-electron chi connectivity index (χ2n) is 12.1. The van der Waals surface area contributed by atoms with E-state index in [1.54, 1.807) is 36.1 Å². The lowest BCUT2D eigenvalue weighted by Crippen LogP contribution is -2.55. The van der Waals surface area contributed by atoms with Crippen molar-refractivity contribution >= 4 is 23.6 Å². The molecule has 0 aromatic heterocycles. The fraction of sp³-hybridized carbons (Fsp3) is 0.529. The summed E-state index contributed by atoms with van der Waals surface area (Å²) in [6.07, 6.45) is 0.190. The number of carbonyl (C=O) groups excluding carboxylic acids is 4. The average molecular weight is 654 g/mol. The first-order chi connectivity index (χ1) is 22.5. The van der Waals surface area contributed by atoms with Gasteiger partial charge in [-0.15, -0.1) is 0 Å². The minimum absolute atomic E-state index is 0.0694. The number of rotatable bonds is 7. The van der Waals surface area contributed by atoms with Crippen molar-refractivity contribution in [2.24, 2.45) is 0 Å². The molecule has 0 radical (unpaired) electrons. The van der Waals surface area contributed by atoms with E-state index in [9.17, 15) is 24.3 Å². The van der Waals surface area contributed by atoms with Crippen molar-refractivity contribution in [3.8, 4) is 11.5 Å². The van der Waals surface area contributed by atoms with Gasteiger partial charge >= 0.3 is 0 Å². The molecule has 2 heterocycles. The van der Waals surface area contributed by atoms with Crippen LogP contribution in [0, 0.1) is 6.92 Å². The molecule has 2 aliphatic rings. The van der Waals surface area contributed by atoms with Gasteiger partial charge < -0.3 is 40.2 Å². The first-order valence-electron chi connectivity index (χ1n) is 16.1. The van der Waals surface area contributed by atoms with E-state index in [2.05, 4.69) is 16.0 Å². The maximum absolute atomic E-state index is 13.3. The lowest BCUT2D eigenvalue weighted by Gasteiger charge is -2.28. The van der Waals surface area contributed by atoms with Gasteiger partial charge in [0.25, 0.3) is 11.8 Å². The van der Waals surface area contributed by atoms with Crippen LogP contribution in [0.3, 0.4) is 0 Å². The van der Waals surface area contributed by atoms with E-state index < -0.39 is 30.0 Å². The molecular weight excluding hydrogens is 606 g/mol. The second-order valence-corrected chi connectivity index (χ2v) is 12.1. The molecule has 13 nitrogen and oxygen atoms in total. The highest BCUT2D eigenvalue weighted by Gasteiger charge is 2.28. The molecule has 4 N–H and O–H groups in total. The molecular formula is C34H47N5O8. The number of carbonyl (C=O) groups is 4. The molecule has 3 atom stereocenters. The number of fused-ring (bicyclic) bond motifs is 2. The molecule has 47 heavy (non-hydrogen) atoms. The molecule has 13 heteroatoms. The SMILES string of the molecule is COc1cc(CN2CC(=O)NCCCc3cc(ccc3C)C(=O)N[C@@H]([C@@H](C)O)C(=O)N[C@H](C)C2)ccc1OCC(=O)N1CCOCC1. The van der Waals surface area contributed by atoms with E-state index in [0.717, 1.165) is 16.7 Å². The summed E-state index contributed by atoms with van der Waals surface area (Å²) in [6, 6.07) is 9.10. The van der Waals surface area contributed by atoms with Gasteiger partial charge in [0.1, 0.15) is 6.04 Å². The Morgan fingerprint density at radius 2 is 1.85 bits per heavy atom. The molecule has 0 aliphatic carbocycles. The molecule has 4 rings (SSSR count). The molecule has 2 bridgehead atoms. The van der Waals surface area contributed by atoms with Crippen LogP contribution in [0.4, 0.5) is 0 Å². The first-order valence-corrected chi connectivity index (χ1v) is 16.1. The predicted molar refractivity (Wildman–Crippen MR) is 174 cm³/mol. The lowest BCUT2D eigenvalue weighted by atomic mass is 10.00. The molecule has 1 saturated heterocycles. The topological polar surface area (TPSA) is 159 Å². The highest BCUT2D eigenvalue weighted by Crippen LogP contribution is 2.29. The molecule has 4 amide bonds. The number of methoxy groups -OCH3 is 1. The molecule has 256 valence electrons. The smallest absolute Gasteiger partial charge is 0.260 e. The molecule has 0 unspecified atom stereocenters. The Morgan fingerprint density at radius 1 is 1.09 bits per heavy atom. The maximum atomic E-state index is 13.3. The van der Waals surface area contributed by atoms with Gasteiger partial charge in [0.2, 0.25) is 11.8 Å². The number of morpholine rings is 1. The van der Waals surface area contributed by atoms with Crippen LogP contribution in [0.5, 0.6) is 11.5 Å². The fourth-order valence-corrected chi connectivity index (χ4v) is 5.66. The average Bonchev–Trinajstić information content (AvgIpc) is 3.05. The number of hydrogen-bond donors (Lipinski definition) is 4. The third-order valence-electron chi connectivity index (χ3n) is 8.24. The van der Waals surface area contributed by atoms with Crippen LogP contribution in [0.2, 0.25) is 0 Å². The third kappa shape index (κ3) is 10.4. The van der Waals surface area contributed by atoms with Crippen molar-refractivity contribution in [3.63, 3.8) is 0 Å². The third-order valence-corrected chi connectivity index (χ3v) is 8.24. The van der Waals surface area contributed by atoms with Gasteiger partial charge in [-0.3, -0.25) is 24.1 Å². The number of nitrogens with one attached hydrogen (secondary N) is 3. The first kappa shape index (κ1) is 35.7. The normalized spacial score (nSPS) is 21.1. The van der Waals surface area contributed by atoms with Crippen LogP contribution in [0.15, 0.2) is 36.4 Å². The van der Waals surface area contributed by atoms with Crippen molar-refractivity contribution < 1.29 is 38.5 Å². The summed E-state index contributed by atoms with van der Waals surface area (Å²) in [4.78, 5) is 55.6. The highest BCUT2D eigenvalue weighted by atomic mass is 16.5. The summed E-state index contributed by atoms with van der Waals surface area (Å²) in [6.45, 7) is 8.33. The van der Waals surface area contributed by atoms with Gasteiger partial charge in [-0.05, 0) is 74.6 Å². The zero-order valence-electron chi connectivity index (χ0n) is 27.7. The number of aliphatic hydroxyl groups excluding tert-OH is 1. The second kappa shape index (κ2) is 17.1. The monoisotopic (exact) mass is 653 g/mol. The Morgan fingerprint density at radius 3 is 2.57 bits per heavy atom. The molecule has 2 aromatic rings. The van der Waals surface area contributed by atoms with Crippen molar-refractivity contribution in [2.75, 3.05) is 59.7 Å². The van der Waals surface area contributed by atoms with E-state index in [0.29, 0.717) is 75.8 Å². The van der Waals surface area contributed by atoms with E-state index >= 15 is 0 Å². The number of ether oxygens (including phenoxy) is 3. The minimum atomic E-state index is -1.17. The molecule has 2 aromatic carbocycles. The van der Waals surface area contributed by atoms with Crippen LogP contribution < -0.4 is 25.4 Å². The summed E-state index contributed by atoms with van der Waals surface area (Å²) < 4.78 is 16.7. The summed E-state index contributed by atoms with van der Waals surface area (Å²) in [5, 5.41) is 19.0.